The van der Waals surface area contributed by atoms with E-state index >= 15 is 0 Å². The number of nitrogens with zero attached hydrogens (tertiary/aromatic N) is 3. The molecule has 0 saturated carbocycles. The molecular formula is C19H20N4O3. The van der Waals surface area contributed by atoms with Gasteiger partial charge >= 0.3 is 0 Å². The normalized spacial score (nSPS) is 15.2. The van der Waals surface area contributed by atoms with Crippen molar-refractivity contribution in [1.29, 1.82) is 0 Å². The Balaban J connectivity index is 1.51. The Labute approximate surface area is 151 Å². The highest BCUT2D eigenvalue weighted by molar-refractivity contribution is 6.05. The fourth-order valence-corrected chi connectivity index (χ4v) is 3.01. The number of piperazine rings is 1. The van der Waals surface area contributed by atoms with Crippen LogP contribution in [0.5, 0.6) is 0 Å². The molecule has 2 aromatic heterocycles. The van der Waals surface area contributed by atoms with Gasteiger partial charge in [-0.05, 0) is 31.3 Å². The predicted molar refractivity (Wildman–Crippen MR) is 98.3 cm³/mol. The molecule has 1 N–H and O–H groups in total. The molecule has 0 aliphatic carbocycles. The minimum Gasteiger partial charge on any atom is -0.461 e. The van der Waals surface area contributed by atoms with E-state index in [4.69, 9.17) is 8.94 Å². The summed E-state index contributed by atoms with van der Waals surface area (Å²) < 4.78 is 10.5. The smallest absolute Gasteiger partial charge is 0.277 e. The molecular weight excluding hydrogens is 332 g/mol. The minimum atomic E-state index is -0.312. The molecule has 1 aliphatic rings. The van der Waals surface area contributed by atoms with Crippen LogP contribution in [-0.2, 0) is 0 Å². The molecule has 0 bridgehead atoms. The quantitative estimate of drug-likeness (QED) is 0.778. The number of amides is 1. The van der Waals surface area contributed by atoms with Crippen molar-refractivity contribution in [1.82, 2.24) is 10.1 Å². The van der Waals surface area contributed by atoms with E-state index in [1.165, 1.54) is 0 Å². The average molecular weight is 352 g/mol. The predicted octanol–water partition coefficient (Wildman–Crippen LogP) is 2.94. The van der Waals surface area contributed by atoms with E-state index < -0.39 is 0 Å². The van der Waals surface area contributed by atoms with Gasteiger partial charge in [0.05, 0.1) is 17.6 Å². The number of nitrogens with one attached hydrogen (secondary N) is 1. The van der Waals surface area contributed by atoms with Gasteiger partial charge in [-0.25, -0.2) is 0 Å². The second kappa shape index (κ2) is 7.05. The zero-order valence-corrected chi connectivity index (χ0v) is 14.5. The molecule has 1 saturated heterocycles. The molecule has 0 unspecified atom stereocenters. The highest BCUT2D eigenvalue weighted by Crippen LogP contribution is 2.27. The van der Waals surface area contributed by atoms with Crippen LogP contribution in [0.4, 0.5) is 11.4 Å². The van der Waals surface area contributed by atoms with Crippen LogP contribution in [-0.4, -0.2) is 49.2 Å². The molecule has 7 heteroatoms. The Kier molecular flexibility index (Phi) is 4.45. The van der Waals surface area contributed by atoms with Crippen LogP contribution in [0.3, 0.4) is 0 Å². The summed E-state index contributed by atoms with van der Waals surface area (Å²) in [6.07, 6.45) is 1.55. The van der Waals surface area contributed by atoms with E-state index in [9.17, 15) is 4.79 Å². The Hall–Kier alpha value is -3.06. The zero-order valence-electron chi connectivity index (χ0n) is 14.5. The second-order valence-electron chi connectivity index (χ2n) is 6.32. The van der Waals surface area contributed by atoms with Crippen LogP contribution in [0.2, 0.25) is 0 Å². The first-order valence-corrected chi connectivity index (χ1v) is 8.55. The van der Waals surface area contributed by atoms with Gasteiger partial charge < -0.3 is 24.1 Å². The lowest BCUT2D eigenvalue weighted by Crippen LogP contribution is -2.44. The van der Waals surface area contributed by atoms with E-state index in [1.54, 1.807) is 24.5 Å². The summed E-state index contributed by atoms with van der Waals surface area (Å²) >= 11 is 0. The standard InChI is InChI=1S/C19H20N4O3/c1-22-8-10-23(11-9-22)16-6-3-2-5-14(16)20-19(24)15-13-18(26-21-15)17-7-4-12-25-17/h2-7,12-13H,8-11H2,1H3,(H,20,24). The van der Waals surface area contributed by atoms with Crippen molar-refractivity contribution >= 4 is 17.3 Å². The molecule has 0 spiro atoms. The van der Waals surface area contributed by atoms with Crippen molar-refractivity contribution < 1.29 is 13.7 Å². The highest BCUT2D eigenvalue weighted by Gasteiger charge is 2.20. The summed E-state index contributed by atoms with van der Waals surface area (Å²) in [6.45, 7) is 3.85. The van der Waals surface area contributed by atoms with Crippen molar-refractivity contribution in [3.63, 3.8) is 0 Å². The third-order valence-electron chi connectivity index (χ3n) is 4.50. The van der Waals surface area contributed by atoms with Crippen LogP contribution in [0.25, 0.3) is 11.5 Å². The van der Waals surface area contributed by atoms with Gasteiger partial charge in [0.1, 0.15) is 0 Å². The maximum absolute atomic E-state index is 12.6. The third-order valence-corrected chi connectivity index (χ3v) is 4.50. The third kappa shape index (κ3) is 3.34. The Bertz CT molecular complexity index is 880. The van der Waals surface area contributed by atoms with E-state index in [0.29, 0.717) is 11.5 Å². The number of para-hydroxylation sites is 2. The van der Waals surface area contributed by atoms with Crippen molar-refractivity contribution in [2.45, 2.75) is 0 Å². The first-order chi connectivity index (χ1) is 12.7. The lowest BCUT2D eigenvalue weighted by molar-refractivity contribution is 0.101. The van der Waals surface area contributed by atoms with Gasteiger partial charge in [-0.15, -0.1) is 0 Å². The maximum Gasteiger partial charge on any atom is 0.277 e. The molecule has 0 radical (unpaired) electrons. The fourth-order valence-electron chi connectivity index (χ4n) is 3.01. The molecule has 3 aromatic rings. The van der Waals surface area contributed by atoms with Gasteiger partial charge in [0, 0.05) is 32.2 Å². The minimum absolute atomic E-state index is 0.213. The van der Waals surface area contributed by atoms with Gasteiger partial charge in [-0.3, -0.25) is 4.79 Å². The van der Waals surface area contributed by atoms with Gasteiger partial charge in [0.15, 0.2) is 11.5 Å². The van der Waals surface area contributed by atoms with Gasteiger partial charge in [-0.1, -0.05) is 17.3 Å². The summed E-state index contributed by atoms with van der Waals surface area (Å²) in [5.41, 5.74) is 2.00. The van der Waals surface area contributed by atoms with E-state index in [2.05, 4.69) is 27.3 Å². The summed E-state index contributed by atoms with van der Waals surface area (Å²) in [6, 6.07) is 12.9. The summed E-state index contributed by atoms with van der Waals surface area (Å²) in [5.74, 6) is 0.648. The molecule has 1 aliphatic heterocycles. The topological polar surface area (TPSA) is 74.8 Å². The number of hydrogen-bond acceptors (Lipinski definition) is 6. The fraction of sp³-hybridized carbons (Fsp3) is 0.263. The monoisotopic (exact) mass is 352 g/mol. The Morgan fingerprint density at radius 2 is 1.88 bits per heavy atom. The maximum atomic E-state index is 12.6. The molecule has 26 heavy (non-hydrogen) atoms. The Morgan fingerprint density at radius 1 is 1.08 bits per heavy atom. The van der Waals surface area contributed by atoms with Crippen LogP contribution in [0.15, 0.2) is 57.7 Å². The SMILES string of the molecule is CN1CCN(c2ccccc2NC(=O)c2cc(-c3ccco3)on2)CC1. The average Bonchev–Trinajstić information content (AvgIpc) is 3.34. The number of benzene rings is 1. The van der Waals surface area contributed by atoms with Crippen LogP contribution in [0.1, 0.15) is 10.5 Å². The van der Waals surface area contributed by atoms with Crippen LogP contribution < -0.4 is 10.2 Å². The largest absolute Gasteiger partial charge is 0.461 e. The van der Waals surface area contributed by atoms with Crippen molar-refractivity contribution in [3.8, 4) is 11.5 Å². The van der Waals surface area contributed by atoms with E-state index in [-0.39, 0.29) is 11.6 Å². The number of furan rings is 1. The Morgan fingerprint density at radius 3 is 2.65 bits per heavy atom. The lowest BCUT2D eigenvalue weighted by atomic mass is 10.2. The molecule has 1 amide bonds. The number of hydrogen-bond donors (Lipinski definition) is 1. The van der Waals surface area contributed by atoms with Crippen molar-refractivity contribution in [2.24, 2.45) is 0 Å². The van der Waals surface area contributed by atoms with Gasteiger partial charge in [0.2, 0.25) is 5.76 Å². The van der Waals surface area contributed by atoms with Gasteiger partial charge in [-0.2, -0.15) is 0 Å². The molecule has 1 aromatic carbocycles. The molecule has 134 valence electrons. The second-order valence-corrected chi connectivity index (χ2v) is 6.32. The van der Waals surface area contributed by atoms with Crippen molar-refractivity contribution in [2.75, 3.05) is 43.4 Å². The van der Waals surface area contributed by atoms with Crippen LogP contribution in [0, 0.1) is 0 Å². The lowest BCUT2D eigenvalue weighted by Gasteiger charge is -2.35. The highest BCUT2D eigenvalue weighted by atomic mass is 16.5. The van der Waals surface area contributed by atoms with Crippen molar-refractivity contribution in [3.05, 3.63) is 54.4 Å². The van der Waals surface area contributed by atoms with Gasteiger partial charge in [0.25, 0.3) is 5.91 Å². The number of anilines is 2. The first-order valence-electron chi connectivity index (χ1n) is 8.55. The number of aromatic nitrogens is 1. The number of rotatable bonds is 4. The molecule has 7 nitrogen and oxygen atoms in total. The number of carbonyl (C=O) groups excluding carboxylic acids is 1. The van der Waals surface area contributed by atoms with Crippen LogP contribution >= 0.6 is 0 Å². The van der Waals surface area contributed by atoms with E-state index in [1.807, 2.05) is 24.3 Å². The molecule has 4 rings (SSSR count). The van der Waals surface area contributed by atoms with E-state index in [0.717, 1.165) is 37.6 Å². The molecule has 3 heterocycles. The number of likely N-dealkylation sites (N-methyl/N-ethyl adjacent to an activating group) is 1. The summed E-state index contributed by atoms with van der Waals surface area (Å²) in [4.78, 5) is 17.2. The first kappa shape index (κ1) is 16.4. The number of carbonyl (C=O) groups is 1. The summed E-state index contributed by atoms with van der Waals surface area (Å²) in [7, 11) is 2.12. The molecule has 1 fully saturated rings. The zero-order chi connectivity index (χ0) is 17.9. The summed E-state index contributed by atoms with van der Waals surface area (Å²) in [5, 5.41) is 6.80. The molecule has 0 atom stereocenters.